The summed E-state index contributed by atoms with van der Waals surface area (Å²) in [7, 11) is 1.34. The van der Waals surface area contributed by atoms with Crippen molar-refractivity contribution in [1.82, 2.24) is 4.98 Å². The van der Waals surface area contributed by atoms with Crippen LogP contribution in [0.15, 0.2) is 12.1 Å². The predicted molar refractivity (Wildman–Crippen MR) is 74.1 cm³/mol. The first-order valence-electron chi connectivity index (χ1n) is 6.17. The number of nitrogens with zero attached hydrogens (tertiary/aromatic N) is 1. The van der Waals surface area contributed by atoms with Gasteiger partial charge in [-0.15, -0.1) is 0 Å². The molecule has 0 spiro atoms. The largest absolute Gasteiger partial charge is 0.476 e. The molecule has 1 rings (SSSR count). The van der Waals surface area contributed by atoms with Crippen LogP contribution in [-0.4, -0.2) is 30.7 Å². The van der Waals surface area contributed by atoms with Crippen LogP contribution in [0.4, 0.5) is 11.5 Å². The number of hydrogen-bond acceptors (Lipinski definition) is 6. The van der Waals surface area contributed by atoms with Crippen LogP contribution in [0.3, 0.4) is 0 Å². The number of ether oxygens (including phenoxy) is 2. The second-order valence-electron chi connectivity index (χ2n) is 4.68. The standard InChI is InChI=1S/C13H21N3O3/c1-8(2)7-19-12-10(14)5-6-11(16-12)15-9(3)13(17)18-4/h5-6,8-9H,7,14H2,1-4H3,(H,15,16). The fraction of sp³-hybridized carbons (Fsp3) is 0.538. The lowest BCUT2D eigenvalue weighted by Crippen LogP contribution is -2.27. The highest BCUT2D eigenvalue weighted by Crippen LogP contribution is 2.21. The highest BCUT2D eigenvalue weighted by atomic mass is 16.5. The summed E-state index contributed by atoms with van der Waals surface area (Å²) < 4.78 is 10.1. The number of nitrogen functional groups attached to an aromatic ring is 1. The number of hydrogen-bond donors (Lipinski definition) is 2. The van der Waals surface area contributed by atoms with Gasteiger partial charge in [0.25, 0.3) is 0 Å². The molecule has 6 heteroatoms. The van der Waals surface area contributed by atoms with Crippen molar-refractivity contribution in [1.29, 1.82) is 0 Å². The van der Waals surface area contributed by atoms with Crippen LogP contribution in [0.5, 0.6) is 5.88 Å². The number of pyridine rings is 1. The van der Waals surface area contributed by atoms with Crippen molar-refractivity contribution in [3.63, 3.8) is 0 Å². The van der Waals surface area contributed by atoms with Crippen molar-refractivity contribution in [3.05, 3.63) is 12.1 Å². The van der Waals surface area contributed by atoms with E-state index in [0.29, 0.717) is 29.9 Å². The van der Waals surface area contributed by atoms with Crippen molar-refractivity contribution in [3.8, 4) is 5.88 Å². The molecule has 1 heterocycles. The zero-order valence-corrected chi connectivity index (χ0v) is 11.8. The minimum atomic E-state index is -0.487. The third-order valence-corrected chi connectivity index (χ3v) is 2.36. The molecule has 0 bridgehead atoms. The highest BCUT2D eigenvalue weighted by molar-refractivity contribution is 5.78. The van der Waals surface area contributed by atoms with Crippen LogP contribution in [0, 0.1) is 5.92 Å². The van der Waals surface area contributed by atoms with Crippen LogP contribution in [-0.2, 0) is 9.53 Å². The van der Waals surface area contributed by atoms with E-state index in [9.17, 15) is 4.79 Å². The molecule has 3 N–H and O–H groups in total. The van der Waals surface area contributed by atoms with E-state index in [4.69, 9.17) is 10.5 Å². The van der Waals surface area contributed by atoms with E-state index in [0.717, 1.165) is 0 Å². The van der Waals surface area contributed by atoms with E-state index < -0.39 is 6.04 Å². The summed E-state index contributed by atoms with van der Waals surface area (Å²) in [4.78, 5) is 15.5. The topological polar surface area (TPSA) is 86.5 Å². The SMILES string of the molecule is COC(=O)C(C)Nc1ccc(N)c(OCC(C)C)n1. The molecule has 106 valence electrons. The molecule has 0 saturated carbocycles. The van der Waals surface area contributed by atoms with Gasteiger partial charge in [-0.2, -0.15) is 4.98 Å². The first-order valence-corrected chi connectivity index (χ1v) is 6.17. The molecule has 0 fully saturated rings. The minimum absolute atomic E-state index is 0.358. The highest BCUT2D eigenvalue weighted by Gasteiger charge is 2.14. The van der Waals surface area contributed by atoms with E-state index in [-0.39, 0.29) is 5.97 Å². The molecule has 0 aliphatic carbocycles. The number of carbonyl (C=O) groups is 1. The average Bonchev–Trinajstić information content (AvgIpc) is 2.38. The van der Waals surface area contributed by atoms with Crippen molar-refractivity contribution >= 4 is 17.5 Å². The summed E-state index contributed by atoms with van der Waals surface area (Å²) in [6.07, 6.45) is 0. The van der Waals surface area contributed by atoms with Gasteiger partial charge < -0.3 is 20.5 Å². The van der Waals surface area contributed by atoms with Crippen molar-refractivity contribution in [2.75, 3.05) is 24.8 Å². The average molecular weight is 267 g/mol. The first kappa shape index (κ1) is 15.1. The molecule has 1 aromatic rings. The number of esters is 1. The molecular weight excluding hydrogens is 246 g/mol. The van der Waals surface area contributed by atoms with Crippen molar-refractivity contribution in [2.45, 2.75) is 26.8 Å². The third kappa shape index (κ3) is 4.65. The van der Waals surface area contributed by atoms with Crippen molar-refractivity contribution in [2.24, 2.45) is 5.92 Å². The third-order valence-electron chi connectivity index (χ3n) is 2.36. The number of carbonyl (C=O) groups excluding carboxylic acids is 1. The second-order valence-corrected chi connectivity index (χ2v) is 4.68. The van der Waals surface area contributed by atoms with Gasteiger partial charge in [-0.25, -0.2) is 4.79 Å². The fourth-order valence-corrected chi connectivity index (χ4v) is 1.35. The van der Waals surface area contributed by atoms with Crippen LogP contribution in [0.25, 0.3) is 0 Å². The lowest BCUT2D eigenvalue weighted by Gasteiger charge is -2.14. The molecular formula is C13H21N3O3. The van der Waals surface area contributed by atoms with E-state index in [2.05, 4.69) is 15.0 Å². The number of aromatic nitrogens is 1. The Balaban J connectivity index is 2.75. The molecule has 0 saturated heterocycles. The molecule has 0 amide bonds. The Morgan fingerprint density at radius 2 is 2.11 bits per heavy atom. The van der Waals surface area contributed by atoms with Gasteiger partial charge in [-0.3, -0.25) is 0 Å². The quantitative estimate of drug-likeness (QED) is 0.762. The normalized spacial score (nSPS) is 12.1. The molecule has 0 aliphatic heterocycles. The maximum Gasteiger partial charge on any atom is 0.328 e. The number of nitrogens with two attached hydrogens (primary N) is 1. The monoisotopic (exact) mass is 267 g/mol. The van der Waals surface area contributed by atoms with E-state index in [1.807, 2.05) is 13.8 Å². The van der Waals surface area contributed by atoms with Crippen LogP contribution in [0.1, 0.15) is 20.8 Å². The summed E-state index contributed by atoms with van der Waals surface area (Å²) in [5, 5.41) is 2.93. The first-order chi connectivity index (χ1) is 8.93. The van der Waals surface area contributed by atoms with E-state index >= 15 is 0 Å². The lowest BCUT2D eigenvalue weighted by atomic mass is 10.2. The predicted octanol–water partition coefficient (Wildman–Crippen LogP) is 1.67. The minimum Gasteiger partial charge on any atom is -0.476 e. The maximum absolute atomic E-state index is 11.3. The maximum atomic E-state index is 11.3. The molecule has 0 radical (unpaired) electrons. The zero-order chi connectivity index (χ0) is 14.4. The summed E-state index contributed by atoms with van der Waals surface area (Å²) in [6, 6.07) is 2.89. The molecule has 1 unspecified atom stereocenters. The molecule has 19 heavy (non-hydrogen) atoms. The molecule has 0 aromatic carbocycles. The van der Waals surface area contributed by atoms with Gasteiger partial charge >= 0.3 is 5.97 Å². The Bertz CT molecular complexity index is 435. The Hall–Kier alpha value is -1.98. The second kappa shape index (κ2) is 6.82. The van der Waals surface area contributed by atoms with Gasteiger partial charge in [0.05, 0.1) is 19.4 Å². The fourth-order valence-electron chi connectivity index (χ4n) is 1.35. The van der Waals surface area contributed by atoms with E-state index in [1.54, 1.807) is 19.1 Å². The molecule has 1 atom stereocenters. The molecule has 1 aromatic heterocycles. The summed E-state index contributed by atoms with van der Waals surface area (Å²) in [6.45, 7) is 6.31. The van der Waals surface area contributed by atoms with Crippen LogP contribution >= 0.6 is 0 Å². The van der Waals surface area contributed by atoms with Gasteiger partial charge in [-0.05, 0) is 25.0 Å². The summed E-state index contributed by atoms with van der Waals surface area (Å²) in [5.41, 5.74) is 6.25. The Kier molecular flexibility index (Phi) is 5.41. The van der Waals surface area contributed by atoms with Crippen LogP contribution in [0.2, 0.25) is 0 Å². The zero-order valence-electron chi connectivity index (χ0n) is 11.8. The smallest absolute Gasteiger partial charge is 0.328 e. The lowest BCUT2D eigenvalue weighted by molar-refractivity contribution is -0.141. The Morgan fingerprint density at radius 1 is 1.42 bits per heavy atom. The summed E-state index contributed by atoms with van der Waals surface area (Å²) in [5.74, 6) is 0.914. The molecule has 6 nitrogen and oxygen atoms in total. The number of anilines is 2. The number of methoxy groups -OCH3 is 1. The van der Waals surface area contributed by atoms with Crippen molar-refractivity contribution < 1.29 is 14.3 Å². The Morgan fingerprint density at radius 3 is 2.68 bits per heavy atom. The molecule has 0 aliphatic rings. The van der Waals surface area contributed by atoms with Gasteiger partial charge in [-0.1, -0.05) is 13.8 Å². The van der Waals surface area contributed by atoms with Crippen LogP contribution < -0.4 is 15.8 Å². The van der Waals surface area contributed by atoms with Gasteiger partial charge in [0.2, 0.25) is 5.88 Å². The number of rotatable bonds is 6. The van der Waals surface area contributed by atoms with Gasteiger partial charge in [0, 0.05) is 0 Å². The van der Waals surface area contributed by atoms with Gasteiger partial charge in [0.1, 0.15) is 11.9 Å². The number of nitrogens with one attached hydrogen (secondary N) is 1. The van der Waals surface area contributed by atoms with Gasteiger partial charge in [0.15, 0.2) is 0 Å². The van der Waals surface area contributed by atoms with E-state index in [1.165, 1.54) is 7.11 Å². The summed E-state index contributed by atoms with van der Waals surface area (Å²) >= 11 is 0. The Labute approximate surface area is 113 Å².